The van der Waals surface area contributed by atoms with Crippen LogP contribution in [0.3, 0.4) is 0 Å². The maximum absolute atomic E-state index is 14.2. The van der Waals surface area contributed by atoms with Crippen LogP contribution in [0.2, 0.25) is 0 Å². The second-order valence-electron chi connectivity index (χ2n) is 23.2. The first-order chi connectivity index (χ1) is 37.0. The predicted octanol–water partition coefficient (Wildman–Crippen LogP) is 3.41. The molecule has 5 rings (SSSR count). The van der Waals surface area contributed by atoms with Gasteiger partial charge in [-0.15, -0.1) is 0 Å². The molecule has 0 saturated carbocycles. The molecule has 3 aromatic carbocycles. The van der Waals surface area contributed by atoms with Crippen molar-refractivity contribution in [1.82, 2.24) is 51.5 Å². The number of benzene rings is 3. The van der Waals surface area contributed by atoms with Crippen LogP contribution in [0.25, 0.3) is 0 Å². The van der Waals surface area contributed by atoms with Crippen molar-refractivity contribution >= 4 is 47.3 Å². The first kappa shape index (κ1) is 62.2. The van der Waals surface area contributed by atoms with E-state index in [4.69, 9.17) is 0 Å². The summed E-state index contributed by atoms with van der Waals surface area (Å²) in [6.45, 7) is 16.9. The number of nitrogens with one attached hydrogen (secondary N) is 6. The molecule has 2 heterocycles. The van der Waals surface area contributed by atoms with Crippen molar-refractivity contribution in [2.75, 3.05) is 66.5 Å². The molecule has 3 aromatic rings. The Bertz CT molecular complexity index is 2310. The molecule has 18 heteroatoms. The Morgan fingerprint density at radius 2 is 0.872 bits per heavy atom. The molecular formula is C60H88N10O8. The lowest BCUT2D eigenvalue weighted by molar-refractivity contribution is -0.142. The molecule has 0 aromatic heterocycles. The van der Waals surface area contributed by atoms with Crippen LogP contribution in [0.15, 0.2) is 84.9 Å². The van der Waals surface area contributed by atoms with Crippen LogP contribution < -0.4 is 31.9 Å². The van der Waals surface area contributed by atoms with E-state index in [1.54, 1.807) is 71.8 Å². The highest BCUT2D eigenvalue weighted by Gasteiger charge is 2.42. The Morgan fingerprint density at radius 3 is 1.19 bits per heavy atom. The Hall–Kier alpha value is -6.66. The number of likely N-dealkylation sites (N-methyl/N-ethyl adjacent to an activating group) is 2. The van der Waals surface area contributed by atoms with Gasteiger partial charge in [-0.1, -0.05) is 126 Å². The smallest absolute Gasteiger partial charge is 0.246 e. The van der Waals surface area contributed by atoms with E-state index in [-0.39, 0.29) is 98.4 Å². The molecule has 18 nitrogen and oxygen atoms in total. The summed E-state index contributed by atoms with van der Waals surface area (Å²) < 4.78 is 0. The van der Waals surface area contributed by atoms with Gasteiger partial charge in [0.05, 0.1) is 38.0 Å². The molecule has 426 valence electrons. The fraction of sp³-hybridized carbons (Fsp3) is 0.567. The van der Waals surface area contributed by atoms with Gasteiger partial charge in [-0.2, -0.15) is 0 Å². The molecule has 0 bridgehead atoms. The Morgan fingerprint density at radius 1 is 0.526 bits per heavy atom. The summed E-state index contributed by atoms with van der Waals surface area (Å²) in [5.41, 5.74) is 2.33. The number of carbonyl (C=O) groups excluding carboxylic acids is 8. The van der Waals surface area contributed by atoms with E-state index in [0.29, 0.717) is 63.0 Å². The van der Waals surface area contributed by atoms with E-state index < -0.39 is 35.0 Å². The standard InChI is InChI=1S/C60H88N10O8/c1-41(61-9)55(75)65-53(59(3,4)5)57(77)69-31-17-23-47(69)39-67(33-29-43-19-13-11-14-20-43)51(73)37-63-49(71)35-45-25-27-46(28-26-45)36-50(72)64-38-52(74)68(34-30-44-21-15-12-16-22-44)40-48-24-18-32-70(48)58(78)54(60(6,7)8)66-56(76)42(2)62-10/h11-16,19-22,25-28,41-42,47-48,53-54,61-62H,17-18,23-24,29-40H2,1-10H3,(H,63,71)(H,64,72)(H,65,75)(H,66,76)/t41-,42-,47-,48?,53+,54+/m0/s1. The van der Waals surface area contributed by atoms with Crippen LogP contribution in [-0.4, -0.2) is 170 Å². The SMILES string of the molecule is CN[C@@H](C)C(=O)N[C@H](C(=O)N1CCCC1CN(CCc1ccccc1)C(=O)CNC(=O)Cc1ccc(CC(=O)NCC(=O)N(CCc2ccccc2)C[C@@H]2CCCN2C(=O)[C@@H](NC(=O)[C@H](C)NC)C(C)(C)C)cc1)C(C)(C)C. The van der Waals surface area contributed by atoms with Crippen molar-refractivity contribution in [3.05, 3.63) is 107 Å². The molecule has 2 aliphatic rings. The zero-order valence-electron chi connectivity index (χ0n) is 47.9. The number of likely N-dealkylation sites (tertiary alicyclic amines) is 2. The van der Waals surface area contributed by atoms with Gasteiger partial charge >= 0.3 is 0 Å². The van der Waals surface area contributed by atoms with Crippen molar-refractivity contribution in [2.45, 2.75) is 143 Å². The van der Waals surface area contributed by atoms with Gasteiger partial charge in [-0.3, -0.25) is 38.4 Å². The maximum atomic E-state index is 14.2. The molecule has 78 heavy (non-hydrogen) atoms. The third kappa shape index (κ3) is 18.8. The molecule has 2 saturated heterocycles. The number of amides is 8. The van der Waals surface area contributed by atoms with Gasteiger partial charge in [-0.05, 0) is 99.6 Å². The van der Waals surface area contributed by atoms with Gasteiger partial charge in [0.15, 0.2) is 0 Å². The first-order valence-corrected chi connectivity index (χ1v) is 27.8. The Balaban J connectivity index is 1.16. The minimum atomic E-state index is -0.770. The molecule has 2 aliphatic heterocycles. The number of hydrogen-bond donors (Lipinski definition) is 6. The van der Waals surface area contributed by atoms with Crippen LogP contribution >= 0.6 is 0 Å². The molecule has 6 N–H and O–H groups in total. The van der Waals surface area contributed by atoms with Crippen LogP contribution in [-0.2, 0) is 64.0 Å². The quantitative estimate of drug-likeness (QED) is 0.0688. The summed E-state index contributed by atoms with van der Waals surface area (Å²) in [4.78, 5) is 116. The normalized spacial score (nSPS) is 17.1. The maximum Gasteiger partial charge on any atom is 0.246 e. The minimum absolute atomic E-state index is 0.000858. The first-order valence-electron chi connectivity index (χ1n) is 27.8. The highest BCUT2D eigenvalue weighted by molar-refractivity contribution is 5.92. The van der Waals surface area contributed by atoms with Crippen molar-refractivity contribution in [3.63, 3.8) is 0 Å². The fourth-order valence-corrected chi connectivity index (χ4v) is 9.86. The average Bonchev–Trinajstić information content (AvgIpc) is 4.10. The third-order valence-electron chi connectivity index (χ3n) is 15.0. The monoisotopic (exact) mass is 1080 g/mol. The molecule has 6 atom stereocenters. The van der Waals surface area contributed by atoms with Gasteiger partial charge in [0, 0.05) is 51.4 Å². The summed E-state index contributed by atoms with van der Waals surface area (Å²) in [5, 5.41) is 17.4. The topological polar surface area (TPSA) is 222 Å². The molecular weight excluding hydrogens is 989 g/mol. The lowest BCUT2D eigenvalue weighted by Gasteiger charge is -2.37. The van der Waals surface area contributed by atoms with Crippen molar-refractivity contribution in [2.24, 2.45) is 10.8 Å². The van der Waals surface area contributed by atoms with E-state index in [1.807, 2.05) is 102 Å². The summed E-state index contributed by atoms with van der Waals surface area (Å²) >= 11 is 0. The van der Waals surface area contributed by atoms with E-state index in [9.17, 15) is 38.4 Å². The summed E-state index contributed by atoms with van der Waals surface area (Å²) in [6, 6.07) is 23.6. The number of hydrogen-bond acceptors (Lipinski definition) is 10. The van der Waals surface area contributed by atoms with E-state index in [1.165, 1.54) is 0 Å². The zero-order valence-corrected chi connectivity index (χ0v) is 47.9. The van der Waals surface area contributed by atoms with E-state index in [2.05, 4.69) is 31.9 Å². The number of carbonyl (C=O) groups is 8. The summed E-state index contributed by atoms with van der Waals surface area (Å²) in [6.07, 6.45) is 4.07. The minimum Gasteiger partial charge on any atom is -0.347 e. The third-order valence-corrected chi connectivity index (χ3v) is 15.0. The van der Waals surface area contributed by atoms with Crippen LogP contribution in [0.1, 0.15) is 103 Å². The molecule has 1 unspecified atom stereocenters. The molecule has 8 amide bonds. The van der Waals surface area contributed by atoms with Gasteiger partial charge in [0.1, 0.15) is 12.1 Å². The zero-order chi connectivity index (χ0) is 57.2. The molecule has 0 aliphatic carbocycles. The number of rotatable bonds is 26. The van der Waals surface area contributed by atoms with E-state index in [0.717, 1.165) is 24.0 Å². The Kier molecular flexibility index (Phi) is 23.4. The highest BCUT2D eigenvalue weighted by Crippen LogP contribution is 2.28. The second-order valence-corrected chi connectivity index (χ2v) is 23.2. The lowest BCUT2D eigenvalue weighted by atomic mass is 9.85. The van der Waals surface area contributed by atoms with Crippen LogP contribution in [0.5, 0.6) is 0 Å². The van der Waals surface area contributed by atoms with E-state index >= 15 is 0 Å². The average molecular weight is 1080 g/mol. The Labute approximate surface area is 462 Å². The van der Waals surface area contributed by atoms with Gasteiger partial charge in [0.25, 0.3) is 0 Å². The van der Waals surface area contributed by atoms with Gasteiger partial charge in [-0.25, -0.2) is 0 Å². The molecule has 2 fully saturated rings. The molecule has 0 radical (unpaired) electrons. The van der Waals surface area contributed by atoms with Crippen LogP contribution in [0, 0.1) is 10.8 Å². The highest BCUT2D eigenvalue weighted by atomic mass is 16.2. The van der Waals surface area contributed by atoms with Crippen molar-refractivity contribution < 1.29 is 38.4 Å². The van der Waals surface area contributed by atoms with Crippen molar-refractivity contribution in [3.8, 4) is 0 Å². The van der Waals surface area contributed by atoms with Gasteiger partial charge < -0.3 is 51.5 Å². The molecule has 0 spiro atoms. The summed E-state index contributed by atoms with van der Waals surface area (Å²) in [7, 11) is 3.38. The van der Waals surface area contributed by atoms with Crippen molar-refractivity contribution in [1.29, 1.82) is 0 Å². The lowest BCUT2D eigenvalue weighted by Crippen LogP contribution is -2.59. The van der Waals surface area contributed by atoms with Crippen LogP contribution in [0.4, 0.5) is 0 Å². The summed E-state index contributed by atoms with van der Waals surface area (Å²) in [5.74, 6) is -2.16. The number of nitrogens with zero attached hydrogens (tertiary/aromatic N) is 4. The predicted molar refractivity (Wildman–Crippen MR) is 303 cm³/mol. The fourth-order valence-electron chi connectivity index (χ4n) is 9.86. The largest absolute Gasteiger partial charge is 0.347 e. The second kappa shape index (κ2) is 29.4. The van der Waals surface area contributed by atoms with Gasteiger partial charge in [0.2, 0.25) is 47.3 Å².